The highest BCUT2D eigenvalue weighted by Crippen LogP contribution is 2.34. The van der Waals surface area contributed by atoms with Crippen molar-refractivity contribution in [3.63, 3.8) is 0 Å². The summed E-state index contributed by atoms with van der Waals surface area (Å²) in [7, 11) is 0. The molecule has 1 fully saturated rings. The lowest BCUT2D eigenvalue weighted by molar-refractivity contribution is -0.383. The molecule has 0 bridgehead atoms. The SMILES string of the molecule is CSC1CCC(Nc2ccc([N+](=O)[O-])c3ccncc23)C1. The Morgan fingerprint density at radius 1 is 1.33 bits per heavy atom. The third kappa shape index (κ3) is 2.81. The Bertz CT molecular complexity index is 677. The summed E-state index contributed by atoms with van der Waals surface area (Å²) in [5, 5.41) is 16.8. The van der Waals surface area contributed by atoms with Gasteiger partial charge in [-0.05, 0) is 37.7 Å². The smallest absolute Gasteiger partial charge is 0.277 e. The molecule has 1 heterocycles. The first-order valence-electron chi connectivity index (χ1n) is 6.99. The number of rotatable bonds is 4. The zero-order valence-electron chi connectivity index (χ0n) is 11.8. The molecule has 1 aromatic heterocycles. The van der Waals surface area contributed by atoms with Crippen LogP contribution in [0.5, 0.6) is 0 Å². The molecule has 1 aliphatic rings. The van der Waals surface area contributed by atoms with E-state index >= 15 is 0 Å². The maximum atomic E-state index is 11.1. The number of benzene rings is 1. The van der Waals surface area contributed by atoms with Crippen LogP contribution in [-0.2, 0) is 0 Å². The summed E-state index contributed by atoms with van der Waals surface area (Å²) in [6.45, 7) is 0. The van der Waals surface area contributed by atoms with Crippen LogP contribution in [0.15, 0.2) is 30.6 Å². The molecule has 1 aromatic carbocycles. The summed E-state index contributed by atoms with van der Waals surface area (Å²) in [6, 6.07) is 5.52. The van der Waals surface area contributed by atoms with Crippen molar-refractivity contribution in [3.8, 4) is 0 Å². The summed E-state index contributed by atoms with van der Waals surface area (Å²) in [5.74, 6) is 0. The number of hydrogen-bond acceptors (Lipinski definition) is 5. The van der Waals surface area contributed by atoms with Gasteiger partial charge in [0.2, 0.25) is 0 Å². The van der Waals surface area contributed by atoms with E-state index in [4.69, 9.17) is 0 Å². The predicted molar refractivity (Wildman–Crippen MR) is 87.0 cm³/mol. The fraction of sp³-hybridized carbons (Fsp3) is 0.400. The Hall–Kier alpha value is -1.82. The van der Waals surface area contributed by atoms with Gasteiger partial charge in [0.25, 0.3) is 5.69 Å². The van der Waals surface area contributed by atoms with Crippen molar-refractivity contribution in [2.45, 2.75) is 30.6 Å². The predicted octanol–water partition coefficient (Wildman–Crippen LogP) is 3.84. The van der Waals surface area contributed by atoms with E-state index in [1.54, 1.807) is 30.6 Å². The van der Waals surface area contributed by atoms with E-state index in [2.05, 4.69) is 16.6 Å². The number of non-ortho nitro benzene ring substituents is 1. The van der Waals surface area contributed by atoms with E-state index < -0.39 is 0 Å². The highest BCUT2D eigenvalue weighted by Gasteiger charge is 2.24. The molecule has 21 heavy (non-hydrogen) atoms. The summed E-state index contributed by atoms with van der Waals surface area (Å²) >= 11 is 1.92. The van der Waals surface area contributed by atoms with Crippen molar-refractivity contribution in [2.75, 3.05) is 11.6 Å². The number of thioether (sulfide) groups is 1. The minimum absolute atomic E-state index is 0.131. The molecule has 2 unspecified atom stereocenters. The molecule has 0 saturated heterocycles. The van der Waals surface area contributed by atoms with Crippen LogP contribution < -0.4 is 5.32 Å². The van der Waals surface area contributed by atoms with Gasteiger partial charge in [0.05, 0.1) is 10.3 Å². The second kappa shape index (κ2) is 5.89. The Morgan fingerprint density at radius 3 is 2.90 bits per heavy atom. The molecular formula is C15H17N3O2S. The Morgan fingerprint density at radius 2 is 2.19 bits per heavy atom. The minimum atomic E-state index is -0.342. The van der Waals surface area contributed by atoms with Crippen LogP contribution in [-0.4, -0.2) is 27.5 Å². The molecule has 110 valence electrons. The number of pyridine rings is 1. The molecule has 2 aromatic rings. The van der Waals surface area contributed by atoms with E-state index in [0.717, 1.165) is 23.9 Å². The van der Waals surface area contributed by atoms with E-state index in [0.29, 0.717) is 16.7 Å². The van der Waals surface area contributed by atoms with Gasteiger partial charge in [-0.25, -0.2) is 0 Å². The molecule has 0 amide bonds. The summed E-state index contributed by atoms with van der Waals surface area (Å²) in [6.07, 6.45) is 8.95. The van der Waals surface area contributed by atoms with Gasteiger partial charge in [-0.1, -0.05) is 0 Å². The van der Waals surface area contributed by atoms with Gasteiger partial charge in [-0.2, -0.15) is 11.8 Å². The third-order valence-electron chi connectivity index (χ3n) is 4.07. The largest absolute Gasteiger partial charge is 0.382 e. The van der Waals surface area contributed by atoms with Crippen LogP contribution in [0, 0.1) is 10.1 Å². The van der Waals surface area contributed by atoms with Gasteiger partial charge in [0.15, 0.2) is 0 Å². The van der Waals surface area contributed by atoms with Crippen molar-refractivity contribution in [3.05, 3.63) is 40.7 Å². The lowest BCUT2D eigenvalue weighted by atomic mass is 10.1. The maximum Gasteiger partial charge on any atom is 0.277 e. The van der Waals surface area contributed by atoms with Gasteiger partial charge in [0, 0.05) is 40.8 Å². The quantitative estimate of drug-likeness (QED) is 0.686. The van der Waals surface area contributed by atoms with Gasteiger partial charge in [-0.3, -0.25) is 15.1 Å². The fourth-order valence-electron chi connectivity index (χ4n) is 2.96. The number of anilines is 1. The monoisotopic (exact) mass is 303 g/mol. The van der Waals surface area contributed by atoms with Crippen LogP contribution in [0.3, 0.4) is 0 Å². The Kier molecular flexibility index (Phi) is 3.96. The molecule has 0 aliphatic heterocycles. The van der Waals surface area contributed by atoms with Crippen LogP contribution in [0.4, 0.5) is 11.4 Å². The van der Waals surface area contributed by atoms with Gasteiger partial charge < -0.3 is 5.32 Å². The topological polar surface area (TPSA) is 68.1 Å². The standard InChI is InChI=1S/C15H17N3O2S/c1-21-11-3-2-10(8-11)17-14-4-5-15(18(19)20)12-6-7-16-9-13(12)14/h4-7,9-11,17H,2-3,8H2,1H3. The normalized spacial score (nSPS) is 21.6. The minimum Gasteiger partial charge on any atom is -0.382 e. The first-order valence-corrected chi connectivity index (χ1v) is 8.28. The summed E-state index contributed by atoms with van der Waals surface area (Å²) in [4.78, 5) is 14.9. The molecule has 2 atom stereocenters. The number of hydrogen-bond donors (Lipinski definition) is 1. The van der Waals surface area contributed by atoms with E-state index in [1.807, 2.05) is 11.8 Å². The van der Waals surface area contributed by atoms with Gasteiger partial charge >= 0.3 is 0 Å². The maximum absolute atomic E-state index is 11.1. The molecule has 6 heteroatoms. The van der Waals surface area contributed by atoms with Crippen LogP contribution in [0.1, 0.15) is 19.3 Å². The highest BCUT2D eigenvalue weighted by atomic mass is 32.2. The first-order chi connectivity index (χ1) is 10.2. The lowest BCUT2D eigenvalue weighted by Crippen LogP contribution is -2.16. The summed E-state index contributed by atoms with van der Waals surface area (Å²) < 4.78 is 0. The molecule has 1 aliphatic carbocycles. The summed E-state index contributed by atoms with van der Waals surface area (Å²) in [5.41, 5.74) is 1.07. The lowest BCUT2D eigenvalue weighted by Gasteiger charge is -2.16. The van der Waals surface area contributed by atoms with Crippen molar-refractivity contribution < 1.29 is 4.92 Å². The second-order valence-corrected chi connectivity index (χ2v) is 6.46. The molecule has 0 radical (unpaired) electrons. The Labute approximate surface area is 127 Å². The van der Waals surface area contributed by atoms with Crippen molar-refractivity contribution in [1.82, 2.24) is 4.98 Å². The third-order valence-corrected chi connectivity index (χ3v) is 5.16. The molecule has 1 saturated carbocycles. The zero-order valence-corrected chi connectivity index (χ0v) is 12.6. The zero-order chi connectivity index (χ0) is 14.8. The van der Waals surface area contributed by atoms with Crippen molar-refractivity contribution >= 4 is 33.9 Å². The number of fused-ring (bicyclic) bond motifs is 1. The van der Waals surface area contributed by atoms with Crippen molar-refractivity contribution in [2.24, 2.45) is 0 Å². The number of nitrogens with zero attached hydrogens (tertiary/aromatic N) is 2. The molecular weight excluding hydrogens is 286 g/mol. The number of nitro benzene ring substituents is 1. The average Bonchev–Trinajstić information content (AvgIpc) is 2.95. The molecule has 3 rings (SSSR count). The van der Waals surface area contributed by atoms with Crippen LogP contribution >= 0.6 is 11.8 Å². The number of aromatic nitrogens is 1. The number of nitro groups is 1. The van der Waals surface area contributed by atoms with Crippen molar-refractivity contribution in [1.29, 1.82) is 0 Å². The average molecular weight is 303 g/mol. The van der Waals surface area contributed by atoms with Crippen LogP contribution in [0.25, 0.3) is 10.8 Å². The molecule has 1 N–H and O–H groups in total. The first kappa shape index (κ1) is 14.1. The van der Waals surface area contributed by atoms with Gasteiger partial charge in [-0.15, -0.1) is 0 Å². The molecule has 5 nitrogen and oxygen atoms in total. The van der Waals surface area contributed by atoms with Crippen LogP contribution in [0.2, 0.25) is 0 Å². The highest BCUT2D eigenvalue weighted by molar-refractivity contribution is 7.99. The fourth-order valence-corrected chi connectivity index (χ4v) is 3.76. The van der Waals surface area contributed by atoms with E-state index in [9.17, 15) is 10.1 Å². The second-order valence-electron chi connectivity index (χ2n) is 5.32. The van der Waals surface area contributed by atoms with E-state index in [1.165, 1.54) is 6.42 Å². The van der Waals surface area contributed by atoms with E-state index in [-0.39, 0.29) is 10.6 Å². The number of nitrogens with one attached hydrogen (secondary N) is 1. The Balaban J connectivity index is 1.93. The van der Waals surface area contributed by atoms with Gasteiger partial charge in [0.1, 0.15) is 0 Å². The molecule has 0 spiro atoms.